The number of nitrogen functional groups attached to an aromatic ring is 4. The van der Waals surface area contributed by atoms with Crippen molar-refractivity contribution in [1.29, 1.82) is 0 Å². The standard InChI is InChI=1S/C46H44N6O4.BrH/c1-51-43-27-33(49)11-15-39(43)37-13-9-31(47)25-41(37)45(51)29-5-3-7-35(23-29)55-21-19-53-17-18-54-20-22-56-36-8-4-6-30(24-36)46-42-26-32(48)10-14-38(42)40-16-12-34(50)28-44(40)52(46)2;/h3-16,23-28,49-50H,17-22,47-48H2,1-2H3;1H/p+1. The van der Waals surface area contributed by atoms with Gasteiger partial charge in [-0.2, -0.15) is 9.13 Å². The molecule has 0 saturated heterocycles. The van der Waals surface area contributed by atoms with Crippen molar-refractivity contribution in [3.05, 3.63) is 121 Å². The molecule has 0 saturated carbocycles. The first-order chi connectivity index (χ1) is 27.2. The quantitative estimate of drug-likeness (QED) is 0.0588. The lowest BCUT2D eigenvalue weighted by Crippen LogP contribution is -3.00. The van der Waals surface area contributed by atoms with E-state index in [-0.39, 0.29) is 17.0 Å². The maximum absolute atomic E-state index is 6.25. The highest BCUT2D eigenvalue weighted by Crippen LogP contribution is 2.36. The number of hydrogen-bond acceptors (Lipinski definition) is 8. The second kappa shape index (κ2) is 16.9. The number of nitrogens with zero attached hydrogens (tertiary/aromatic N) is 2. The van der Waals surface area contributed by atoms with E-state index in [1.165, 1.54) is 0 Å². The average Bonchev–Trinajstić information content (AvgIpc) is 3.19. The predicted molar refractivity (Wildman–Crippen MR) is 226 cm³/mol. The Morgan fingerprint density at radius 3 is 1.19 bits per heavy atom. The third-order valence-electron chi connectivity index (χ3n) is 10.2. The minimum absolute atomic E-state index is 0. The maximum Gasteiger partial charge on any atom is 0.220 e. The minimum atomic E-state index is 0. The zero-order valence-corrected chi connectivity index (χ0v) is 33.6. The number of benzene rings is 6. The smallest absolute Gasteiger partial charge is 0.220 e. The fourth-order valence-corrected chi connectivity index (χ4v) is 7.62. The molecule has 0 bridgehead atoms. The average molecular weight is 827 g/mol. The van der Waals surface area contributed by atoms with Gasteiger partial charge in [0.15, 0.2) is 0 Å². The largest absolute Gasteiger partial charge is 1.00 e. The number of fused-ring (bicyclic) bond motifs is 6. The zero-order chi connectivity index (χ0) is 38.8. The summed E-state index contributed by atoms with van der Waals surface area (Å²) in [5.41, 5.74) is 33.9. The van der Waals surface area contributed by atoms with Crippen LogP contribution in [-0.2, 0) is 23.6 Å². The van der Waals surface area contributed by atoms with Crippen molar-refractivity contribution in [2.75, 3.05) is 62.6 Å². The Morgan fingerprint density at radius 2 is 0.772 bits per heavy atom. The lowest BCUT2D eigenvalue weighted by Gasteiger charge is -2.12. The molecule has 8 N–H and O–H groups in total. The van der Waals surface area contributed by atoms with Gasteiger partial charge in [0.2, 0.25) is 22.4 Å². The molecule has 0 aliphatic heterocycles. The van der Waals surface area contributed by atoms with Gasteiger partial charge < -0.3 is 58.9 Å². The van der Waals surface area contributed by atoms with E-state index in [1.807, 2.05) is 84.9 Å². The Labute approximate surface area is 341 Å². The molecule has 10 nitrogen and oxygen atoms in total. The van der Waals surface area contributed by atoms with Crippen molar-refractivity contribution in [2.45, 2.75) is 0 Å². The summed E-state index contributed by atoms with van der Waals surface area (Å²) in [7, 11) is 4.10. The van der Waals surface area contributed by atoms with Gasteiger partial charge in [0, 0.05) is 45.7 Å². The molecule has 2 aromatic heterocycles. The third kappa shape index (κ3) is 8.08. The van der Waals surface area contributed by atoms with E-state index in [4.69, 9.17) is 41.9 Å². The second-order valence-corrected chi connectivity index (χ2v) is 14.0. The van der Waals surface area contributed by atoms with Gasteiger partial charge >= 0.3 is 0 Å². The van der Waals surface area contributed by atoms with Gasteiger partial charge in [-0.15, -0.1) is 0 Å². The monoisotopic (exact) mass is 825 g/mol. The number of nitrogens with two attached hydrogens (primary N) is 4. The van der Waals surface area contributed by atoms with Gasteiger partial charge in [-0.1, -0.05) is 24.3 Å². The van der Waals surface area contributed by atoms with Crippen molar-refractivity contribution in [2.24, 2.45) is 14.1 Å². The molecule has 0 unspecified atom stereocenters. The molecule has 0 fully saturated rings. The van der Waals surface area contributed by atoms with E-state index >= 15 is 0 Å². The van der Waals surface area contributed by atoms with Crippen molar-refractivity contribution in [3.8, 4) is 34.0 Å². The third-order valence-corrected chi connectivity index (χ3v) is 10.2. The van der Waals surface area contributed by atoms with Crippen LogP contribution in [0.1, 0.15) is 0 Å². The lowest BCUT2D eigenvalue weighted by molar-refractivity contribution is -0.632. The van der Waals surface area contributed by atoms with Gasteiger partial charge in [0.25, 0.3) is 0 Å². The van der Waals surface area contributed by atoms with Gasteiger partial charge in [-0.25, -0.2) is 0 Å². The van der Waals surface area contributed by atoms with Crippen LogP contribution in [0.5, 0.6) is 11.5 Å². The molecule has 0 amide bonds. The summed E-state index contributed by atoms with van der Waals surface area (Å²) in [6.45, 7) is 2.56. The number of pyridine rings is 2. The van der Waals surface area contributed by atoms with Crippen LogP contribution in [0.4, 0.5) is 22.7 Å². The van der Waals surface area contributed by atoms with E-state index in [0.717, 1.165) is 77.4 Å². The van der Waals surface area contributed by atoms with Crippen LogP contribution in [-0.4, -0.2) is 39.6 Å². The summed E-state index contributed by atoms with van der Waals surface area (Å²) >= 11 is 0. The first-order valence-corrected chi connectivity index (χ1v) is 18.7. The molecule has 8 aromatic rings. The van der Waals surface area contributed by atoms with Crippen LogP contribution in [0.25, 0.3) is 65.9 Å². The summed E-state index contributed by atoms with van der Waals surface area (Å²) in [4.78, 5) is 0. The van der Waals surface area contributed by atoms with E-state index in [1.54, 1.807) is 0 Å². The molecule has 57 heavy (non-hydrogen) atoms. The van der Waals surface area contributed by atoms with Crippen LogP contribution in [0, 0.1) is 0 Å². The van der Waals surface area contributed by atoms with Gasteiger partial charge in [-0.3, -0.25) is 0 Å². The Kier molecular flexibility index (Phi) is 11.6. The van der Waals surface area contributed by atoms with Gasteiger partial charge in [-0.05, 0) is 84.9 Å². The topological polar surface area (TPSA) is 149 Å². The minimum Gasteiger partial charge on any atom is -1.00 e. The van der Waals surface area contributed by atoms with E-state index in [9.17, 15) is 0 Å². The number of ether oxygens (including phenoxy) is 4. The van der Waals surface area contributed by atoms with E-state index < -0.39 is 0 Å². The number of halogens is 1. The Hall–Kier alpha value is -6.14. The number of rotatable bonds is 13. The number of aryl methyl sites for hydroxylation is 2. The molecule has 6 aromatic carbocycles. The van der Waals surface area contributed by atoms with Crippen LogP contribution < -0.4 is 58.5 Å². The molecule has 0 spiro atoms. The van der Waals surface area contributed by atoms with Crippen molar-refractivity contribution >= 4 is 66.1 Å². The Morgan fingerprint density at radius 1 is 0.404 bits per heavy atom. The molecular formula is C46H46BrN6O4+. The summed E-state index contributed by atoms with van der Waals surface area (Å²) in [6.07, 6.45) is 0. The van der Waals surface area contributed by atoms with Crippen LogP contribution >= 0.6 is 0 Å². The molecule has 0 aliphatic carbocycles. The number of hydrogen-bond donors (Lipinski definition) is 4. The summed E-state index contributed by atoms with van der Waals surface area (Å²) in [5, 5.41) is 6.58. The normalized spacial score (nSPS) is 11.3. The number of aromatic nitrogens is 2. The van der Waals surface area contributed by atoms with E-state index in [0.29, 0.717) is 62.4 Å². The molecule has 0 aliphatic rings. The molecule has 2 heterocycles. The van der Waals surface area contributed by atoms with Crippen molar-refractivity contribution in [1.82, 2.24) is 0 Å². The fourth-order valence-electron chi connectivity index (χ4n) is 7.62. The van der Waals surface area contributed by atoms with Crippen LogP contribution in [0.15, 0.2) is 121 Å². The fraction of sp³-hybridized carbons (Fsp3) is 0.174. The summed E-state index contributed by atoms with van der Waals surface area (Å²) < 4.78 is 28.1. The first-order valence-electron chi connectivity index (χ1n) is 18.7. The van der Waals surface area contributed by atoms with Crippen LogP contribution in [0.2, 0.25) is 0 Å². The maximum atomic E-state index is 6.25. The van der Waals surface area contributed by atoms with Crippen LogP contribution in [0.3, 0.4) is 0 Å². The number of anilines is 4. The highest BCUT2D eigenvalue weighted by Gasteiger charge is 2.23. The first kappa shape index (κ1) is 39.1. The molecule has 290 valence electrons. The Bertz CT molecular complexity index is 2570. The molecular weight excluding hydrogens is 780 g/mol. The predicted octanol–water partition coefficient (Wildman–Crippen LogP) is 4.11. The van der Waals surface area contributed by atoms with Gasteiger partial charge in [0.05, 0.1) is 59.1 Å². The van der Waals surface area contributed by atoms with Gasteiger partial charge in [0.1, 0.15) is 38.8 Å². The lowest BCUT2D eigenvalue weighted by atomic mass is 9.98. The molecule has 0 radical (unpaired) electrons. The van der Waals surface area contributed by atoms with Crippen molar-refractivity contribution in [3.63, 3.8) is 0 Å². The highest BCUT2D eigenvalue weighted by molar-refractivity contribution is 6.11. The highest BCUT2D eigenvalue weighted by atomic mass is 79.9. The summed E-state index contributed by atoms with van der Waals surface area (Å²) in [5.74, 6) is 1.51. The molecule has 8 rings (SSSR count). The summed E-state index contributed by atoms with van der Waals surface area (Å²) in [6, 6.07) is 40.2. The Balaban J connectivity index is 0.00000496. The van der Waals surface area contributed by atoms with Crippen molar-refractivity contribution < 1.29 is 45.1 Å². The SMILES string of the molecule is C[n+]1c(-c2cccc(OCCOCCOCCOc3cccc(-c4c5cc(N)ccc5c5ccc(N)cc5[n+]4C)c3)c2)c2cc(N)ccc2c2ccc(N)cc21.[Br-]. The zero-order valence-electron chi connectivity index (χ0n) is 32.0. The molecule has 0 atom stereocenters. The second-order valence-electron chi connectivity index (χ2n) is 14.0. The van der Waals surface area contributed by atoms with E-state index in [2.05, 4.69) is 59.6 Å². The molecule has 11 heteroatoms.